The van der Waals surface area contributed by atoms with E-state index < -0.39 is 0 Å². The van der Waals surface area contributed by atoms with Crippen molar-refractivity contribution >= 4 is 17.0 Å². The standard InChI is InChI=1S/C18H23N7O/c1-13-20-21-14(2)25(13)23-11-22(10-15-6-5-9-26-15)18-19-16-7-3-4-8-17(16)24(18)12-23/h3-4,7-8,15H,5-6,9-12H2,1-2H3. The summed E-state index contributed by atoms with van der Waals surface area (Å²) in [7, 11) is 0. The van der Waals surface area contributed by atoms with Crippen molar-refractivity contribution in [2.75, 3.05) is 29.7 Å². The summed E-state index contributed by atoms with van der Waals surface area (Å²) in [6.07, 6.45) is 2.52. The Morgan fingerprint density at radius 1 is 1.12 bits per heavy atom. The van der Waals surface area contributed by atoms with E-state index in [1.807, 2.05) is 19.9 Å². The third-order valence-electron chi connectivity index (χ3n) is 5.24. The summed E-state index contributed by atoms with van der Waals surface area (Å²) in [4.78, 5) is 7.22. The van der Waals surface area contributed by atoms with Gasteiger partial charge in [-0.05, 0) is 38.8 Å². The second kappa shape index (κ2) is 5.98. The number of hydrogen-bond donors (Lipinski definition) is 0. The molecule has 0 spiro atoms. The Kier molecular flexibility index (Phi) is 3.59. The van der Waals surface area contributed by atoms with Crippen molar-refractivity contribution in [3.8, 4) is 0 Å². The number of rotatable bonds is 3. The van der Waals surface area contributed by atoms with Crippen LogP contribution in [0.2, 0.25) is 0 Å². The fourth-order valence-electron chi connectivity index (χ4n) is 4.08. The van der Waals surface area contributed by atoms with Gasteiger partial charge in [-0.3, -0.25) is 9.58 Å². The van der Waals surface area contributed by atoms with Crippen LogP contribution in [0, 0.1) is 13.8 Å². The molecule has 8 heteroatoms. The number of hydrogen-bond acceptors (Lipinski definition) is 6. The van der Waals surface area contributed by atoms with Gasteiger partial charge in [0, 0.05) is 13.2 Å². The van der Waals surface area contributed by atoms with Gasteiger partial charge < -0.3 is 9.64 Å². The van der Waals surface area contributed by atoms with Crippen LogP contribution in [-0.2, 0) is 11.4 Å². The van der Waals surface area contributed by atoms with Gasteiger partial charge in [0.1, 0.15) is 25.0 Å². The van der Waals surface area contributed by atoms with Crippen LogP contribution in [0.3, 0.4) is 0 Å². The Balaban J connectivity index is 1.58. The van der Waals surface area contributed by atoms with Crippen molar-refractivity contribution in [1.29, 1.82) is 0 Å². The van der Waals surface area contributed by atoms with Gasteiger partial charge in [0.2, 0.25) is 5.95 Å². The largest absolute Gasteiger partial charge is 0.376 e. The van der Waals surface area contributed by atoms with Crippen LogP contribution in [0.4, 0.5) is 5.95 Å². The van der Waals surface area contributed by atoms with Crippen molar-refractivity contribution in [3.63, 3.8) is 0 Å². The molecule has 2 aliphatic rings. The van der Waals surface area contributed by atoms with Crippen molar-refractivity contribution in [2.24, 2.45) is 0 Å². The van der Waals surface area contributed by atoms with E-state index in [2.05, 4.69) is 47.5 Å². The quantitative estimate of drug-likeness (QED) is 0.715. The smallest absolute Gasteiger partial charge is 0.209 e. The molecule has 2 aromatic heterocycles. The van der Waals surface area contributed by atoms with Crippen LogP contribution in [0.15, 0.2) is 24.3 Å². The monoisotopic (exact) mass is 353 g/mol. The third kappa shape index (κ3) is 2.44. The fourth-order valence-corrected chi connectivity index (χ4v) is 4.08. The summed E-state index contributed by atoms with van der Waals surface area (Å²) in [6.45, 7) is 7.15. The van der Waals surface area contributed by atoms with Gasteiger partial charge in [-0.2, -0.15) is 0 Å². The first kappa shape index (κ1) is 15.6. The van der Waals surface area contributed by atoms with E-state index in [-0.39, 0.29) is 6.10 Å². The predicted molar refractivity (Wildman–Crippen MR) is 98.6 cm³/mol. The molecule has 2 aliphatic heterocycles. The molecule has 26 heavy (non-hydrogen) atoms. The Hall–Kier alpha value is -2.61. The maximum atomic E-state index is 5.89. The highest BCUT2D eigenvalue weighted by atomic mass is 16.5. The molecule has 136 valence electrons. The molecule has 1 atom stereocenters. The number of para-hydroxylation sites is 2. The molecule has 0 amide bonds. The first-order chi connectivity index (χ1) is 12.7. The Morgan fingerprint density at radius 3 is 2.69 bits per heavy atom. The molecule has 0 radical (unpaired) electrons. The molecule has 1 saturated heterocycles. The maximum Gasteiger partial charge on any atom is 0.209 e. The zero-order chi connectivity index (χ0) is 17.7. The van der Waals surface area contributed by atoms with Crippen LogP contribution in [0.1, 0.15) is 24.5 Å². The lowest BCUT2D eigenvalue weighted by atomic mass is 10.2. The molecule has 0 N–H and O–H groups in total. The summed E-state index contributed by atoms with van der Waals surface area (Å²) in [5.74, 6) is 2.81. The van der Waals surface area contributed by atoms with Gasteiger partial charge in [-0.25, -0.2) is 9.66 Å². The number of aryl methyl sites for hydroxylation is 2. The second-order valence-electron chi connectivity index (χ2n) is 7.08. The third-order valence-corrected chi connectivity index (χ3v) is 5.24. The normalized spacial score (nSPS) is 20.2. The summed E-state index contributed by atoms with van der Waals surface area (Å²) >= 11 is 0. The van der Waals surface area contributed by atoms with Crippen LogP contribution >= 0.6 is 0 Å². The highest BCUT2D eigenvalue weighted by Crippen LogP contribution is 2.28. The summed E-state index contributed by atoms with van der Waals surface area (Å²) in [6, 6.07) is 8.31. The van der Waals surface area contributed by atoms with Crippen LogP contribution < -0.4 is 9.91 Å². The van der Waals surface area contributed by atoms with E-state index in [0.29, 0.717) is 0 Å². The minimum absolute atomic E-state index is 0.270. The average Bonchev–Trinajstić information content (AvgIpc) is 3.35. The number of imidazole rings is 1. The molecule has 1 aromatic carbocycles. The molecule has 1 fully saturated rings. The molecule has 8 nitrogen and oxygen atoms in total. The summed E-state index contributed by atoms with van der Waals surface area (Å²) in [5.41, 5.74) is 2.17. The highest BCUT2D eigenvalue weighted by molar-refractivity contribution is 5.79. The highest BCUT2D eigenvalue weighted by Gasteiger charge is 2.30. The van der Waals surface area contributed by atoms with E-state index in [4.69, 9.17) is 9.72 Å². The topological polar surface area (TPSA) is 64.2 Å². The Morgan fingerprint density at radius 2 is 1.92 bits per heavy atom. The van der Waals surface area contributed by atoms with E-state index in [0.717, 1.165) is 68.0 Å². The van der Waals surface area contributed by atoms with Crippen LogP contribution in [-0.4, -0.2) is 50.3 Å². The number of anilines is 1. The van der Waals surface area contributed by atoms with E-state index >= 15 is 0 Å². The molecule has 0 bridgehead atoms. The molecule has 0 saturated carbocycles. The number of ether oxygens (including phenoxy) is 1. The number of benzene rings is 1. The van der Waals surface area contributed by atoms with Gasteiger partial charge in [0.15, 0.2) is 0 Å². The van der Waals surface area contributed by atoms with Crippen molar-refractivity contribution in [3.05, 3.63) is 35.9 Å². The Labute approximate surface area is 152 Å². The number of fused-ring (bicyclic) bond motifs is 3. The molecule has 3 aromatic rings. The molecule has 4 heterocycles. The number of aromatic nitrogens is 5. The van der Waals surface area contributed by atoms with Crippen LogP contribution in [0.5, 0.6) is 0 Å². The zero-order valence-electron chi connectivity index (χ0n) is 15.2. The summed E-state index contributed by atoms with van der Waals surface area (Å²) < 4.78 is 10.3. The van der Waals surface area contributed by atoms with Gasteiger partial charge in [0.25, 0.3) is 0 Å². The van der Waals surface area contributed by atoms with Crippen molar-refractivity contribution < 1.29 is 4.74 Å². The van der Waals surface area contributed by atoms with E-state index in [1.165, 1.54) is 0 Å². The molecule has 0 aliphatic carbocycles. The van der Waals surface area contributed by atoms with E-state index in [9.17, 15) is 0 Å². The van der Waals surface area contributed by atoms with Gasteiger partial charge in [-0.15, -0.1) is 10.2 Å². The first-order valence-electron chi connectivity index (χ1n) is 9.16. The minimum atomic E-state index is 0.270. The number of nitrogens with zero attached hydrogens (tertiary/aromatic N) is 7. The van der Waals surface area contributed by atoms with Crippen molar-refractivity contribution in [1.82, 2.24) is 24.4 Å². The summed E-state index contributed by atoms with van der Waals surface area (Å²) in [5, 5.41) is 10.7. The zero-order valence-corrected chi connectivity index (χ0v) is 15.2. The molecule has 5 rings (SSSR count). The lowest BCUT2D eigenvalue weighted by molar-refractivity contribution is 0.114. The lowest BCUT2D eigenvalue weighted by Crippen LogP contribution is -2.52. The second-order valence-corrected chi connectivity index (χ2v) is 7.08. The fraction of sp³-hybridized carbons (Fsp3) is 0.500. The molecule has 1 unspecified atom stereocenters. The van der Waals surface area contributed by atoms with Gasteiger partial charge >= 0.3 is 0 Å². The molecular weight excluding hydrogens is 330 g/mol. The lowest BCUT2D eigenvalue weighted by Gasteiger charge is -2.39. The Bertz CT molecular complexity index is 921. The first-order valence-corrected chi connectivity index (χ1v) is 9.16. The van der Waals surface area contributed by atoms with Crippen molar-refractivity contribution in [2.45, 2.75) is 39.5 Å². The van der Waals surface area contributed by atoms with Gasteiger partial charge in [-0.1, -0.05) is 12.1 Å². The van der Waals surface area contributed by atoms with E-state index in [1.54, 1.807) is 0 Å². The predicted octanol–water partition coefficient (Wildman–Crippen LogP) is 1.80. The average molecular weight is 353 g/mol. The SMILES string of the molecule is Cc1nnc(C)n1N1CN(CC2CCCO2)c2nc3ccccc3n2C1. The molecular formula is C18H23N7O. The van der Waals surface area contributed by atoms with Crippen LogP contribution in [0.25, 0.3) is 11.0 Å². The maximum absolute atomic E-state index is 5.89. The minimum Gasteiger partial charge on any atom is -0.376 e. The van der Waals surface area contributed by atoms with Gasteiger partial charge in [0.05, 0.1) is 17.1 Å².